The number of hydrogen-bond donors (Lipinski definition) is 4. The summed E-state index contributed by atoms with van der Waals surface area (Å²) in [5.74, 6) is -0.684. The lowest BCUT2D eigenvalue weighted by Gasteiger charge is -2.36. The highest BCUT2D eigenvalue weighted by Gasteiger charge is 2.31. The van der Waals surface area contributed by atoms with Gasteiger partial charge in [-0.05, 0) is 61.7 Å². The number of aliphatic hydroxyl groups excluding tert-OH is 1. The minimum absolute atomic E-state index is 0.173. The van der Waals surface area contributed by atoms with Crippen molar-refractivity contribution in [1.29, 1.82) is 0 Å². The summed E-state index contributed by atoms with van der Waals surface area (Å²) in [4.78, 5) is 24.5. The summed E-state index contributed by atoms with van der Waals surface area (Å²) in [6.45, 7) is 0.111. The Morgan fingerprint density at radius 3 is 2.44 bits per heavy atom. The Hall–Kier alpha value is -2.39. The monoisotopic (exact) mass is 483 g/mol. The third kappa shape index (κ3) is 7.06. The van der Waals surface area contributed by atoms with Crippen LogP contribution >= 0.6 is 23.2 Å². The maximum Gasteiger partial charge on any atom is 0.319 e. The Morgan fingerprint density at radius 2 is 1.78 bits per heavy atom. The van der Waals surface area contributed by atoms with E-state index in [1.54, 1.807) is 6.07 Å². The van der Waals surface area contributed by atoms with Crippen molar-refractivity contribution in [2.24, 2.45) is 0 Å². The van der Waals surface area contributed by atoms with Crippen LogP contribution in [0.2, 0.25) is 10.0 Å². The zero-order chi connectivity index (χ0) is 23.1. The Labute approximate surface area is 195 Å². The lowest BCUT2D eigenvalue weighted by molar-refractivity contribution is -0.0886. The van der Waals surface area contributed by atoms with Crippen molar-refractivity contribution in [2.45, 2.75) is 37.5 Å². The highest BCUT2D eigenvalue weighted by Crippen LogP contribution is 2.22. The lowest BCUT2D eigenvalue weighted by atomic mass is 9.97. The standard InChI is InChI=1S/C22H24Cl2FN3O4/c23-14-9-13(10-15(24)11-14)21(30)26-8-7-18-5-6-19(20(12-29)32-18)28-22(31)27-17-3-1-16(25)2-4-17/h1-4,9-11,18-20,29H,5-8,12H2,(H,26,30)(H2,27,28,31)/t18-,19-,20-/m1/s1. The fraction of sp³-hybridized carbons (Fsp3) is 0.364. The molecule has 1 saturated heterocycles. The van der Waals surface area contributed by atoms with E-state index in [0.29, 0.717) is 47.1 Å². The molecule has 2 aromatic rings. The molecule has 1 heterocycles. The molecule has 172 valence electrons. The van der Waals surface area contributed by atoms with Crippen molar-refractivity contribution < 1.29 is 23.8 Å². The van der Waals surface area contributed by atoms with Crippen LogP contribution in [0.25, 0.3) is 0 Å². The highest BCUT2D eigenvalue weighted by molar-refractivity contribution is 6.35. The van der Waals surface area contributed by atoms with Gasteiger partial charge >= 0.3 is 6.03 Å². The highest BCUT2D eigenvalue weighted by atomic mass is 35.5. The quantitative estimate of drug-likeness (QED) is 0.478. The van der Waals surface area contributed by atoms with Gasteiger partial charge in [-0.25, -0.2) is 9.18 Å². The molecule has 3 atom stereocenters. The van der Waals surface area contributed by atoms with Gasteiger partial charge in [-0.15, -0.1) is 0 Å². The topological polar surface area (TPSA) is 99.7 Å². The second-order valence-electron chi connectivity index (χ2n) is 7.47. The SMILES string of the molecule is O=C(Nc1ccc(F)cc1)N[C@@H]1CC[C@H](CCNC(=O)c2cc(Cl)cc(Cl)c2)O[C@@H]1CO. The summed E-state index contributed by atoms with van der Waals surface area (Å²) >= 11 is 11.9. The number of carbonyl (C=O) groups is 2. The maximum atomic E-state index is 13.0. The van der Waals surface area contributed by atoms with Crippen molar-refractivity contribution in [3.8, 4) is 0 Å². The number of amides is 3. The number of rotatable bonds is 7. The summed E-state index contributed by atoms with van der Waals surface area (Å²) in [5, 5.41) is 18.7. The van der Waals surface area contributed by atoms with Gasteiger partial charge in [0.25, 0.3) is 5.91 Å². The van der Waals surface area contributed by atoms with Crippen LogP contribution in [0.1, 0.15) is 29.6 Å². The molecular weight excluding hydrogens is 460 g/mol. The van der Waals surface area contributed by atoms with E-state index in [2.05, 4.69) is 16.0 Å². The first-order valence-electron chi connectivity index (χ1n) is 10.2. The van der Waals surface area contributed by atoms with Crippen LogP contribution in [-0.2, 0) is 4.74 Å². The summed E-state index contributed by atoms with van der Waals surface area (Å²) < 4.78 is 18.9. The molecule has 10 heteroatoms. The molecule has 7 nitrogen and oxygen atoms in total. The zero-order valence-electron chi connectivity index (χ0n) is 17.1. The average Bonchev–Trinajstić information content (AvgIpc) is 2.75. The van der Waals surface area contributed by atoms with Gasteiger partial charge in [0.2, 0.25) is 0 Å². The lowest BCUT2D eigenvalue weighted by Crippen LogP contribution is -2.52. The van der Waals surface area contributed by atoms with Crippen LogP contribution in [0.3, 0.4) is 0 Å². The Morgan fingerprint density at radius 1 is 1.09 bits per heavy atom. The first kappa shape index (κ1) is 24.3. The number of aliphatic hydroxyl groups is 1. The predicted octanol–water partition coefficient (Wildman–Crippen LogP) is 3.98. The normalized spacial score (nSPS) is 20.4. The Kier molecular flexibility index (Phi) is 8.69. The van der Waals surface area contributed by atoms with Crippen molar-refractivity contribution in [3.63, 3.8) is 0 Å². The third-order valence-corrected chi connectivity index (χ3v) is 5.53. The van der Waals surface area contributed by atoms with Crippen molar-refractivity contribution >= 4 is 40.8 Å². The maximum absolute atomic E-state index is 13.0. The molecule has 0 bridgehead atoms. The molecule has 3 rings (SSSR count). The molecule has 0 unspecified atom stereocenters. The summed E-state index contributed by atoms with van der Waals surface area (Å²) in [5.41, 5.74) is 0.826. The van der Waals surface area contributed by atoms with Crippen LogP contribution in [0, 0.1) is 5.82 Å². The van der Waals surface area contributed by atoms with E-state index in [9.17, 15) is 19.1 Å². The third-order valence-electron chi connectivity index (χ3n) is 5.09. The van der Waals surface area contributed by atoms with Crippen LogP contribution < -0.4 is 16.0 Å². The number of anilines is 1. The van der Waals surface area contributed by atoms with E-state index in [1.807, 2.05) is 0 Å². The molecule has 1 aliphatic rings. The summed E-state index contributed by atoms with van der Waals surface area (Å²) in [6.07, 6.45) is 1.05. The minimum Gasteiger partial charge on any atom is -0.394 e. The molecule has 0 aromatic heterocycles. The van der Waals surface area contributed by atoms with E-state index in [4.69, 9.17) is 27.9 Å². The smallest absolute Gasteiger partial charge is 0.319 e. The molecule has 2 aromatic carbocycles. The summed E-state index contributed by atoms with van der Waals surface area (Å²) in [6, 6.07) is 9.20. The first-order valence-corrected chi connectivity index (χ1v) is 10.9. The molecule has 0 aliphatic carbocycles. The van der Waals surface area contributed by atoms with Crippen molar-refractivity contribution in [3.05, 3.63) is 63.9 Å². The zero-order valence-corrected chi connectivity index (χ0v) is 18.6. The van der Waals surface area contributed by atoms with E-state index >= 15 is 0 Å². The van der Waals surface area contributed by atoms with E-state index < -0.39 is 18.0 Å². The van der Waals surface area contributed by atoms with Crippen LogP contribution in [-0.4, -0.2) is 48.4 Å². The van der Waals surface area contributed by atoms with Gasteiger partial charge in [0, 0.05) is 27.8 Å². The second-order valence-corrected chi connectivity index (χ2v) is 8.34. The number of hydrogen-bond acceptors (Lipinski definition) is 4. The van der Waals surface area contributed by atoms with Gasteiger partial charge < -0.3 is 25.8 Å². The van der Waals surface area contributed by atoms with Gasteiger partial charge in [0.1, 0.15) is 11.9 Å². The molecule has 32 heavy (non-hydrogen) atoms. The van der Waals surface area contributed by atoms with E-state index in [0.717, 1.165) is 0 Å². The predicted molar refractivity (Wildman–Crippen MR) is 121 cm³/mol. The van der Waals surface area contributed by atoms with E-state index in [1.165, 1.54) is 36.4 Å². The minimum atomic E-state index is -0.574. The second kappa shape index (κ2) is 11.5. The Balaban J connectivity index is 1.44. The fourth-order valence-electron chi connectivity index (χ4n) is 3.51. The van der Waals surface area contributed by atoms with Gasteiger partial charge in [-0.3, -0.25) is 4.79 Å². The first-order chi connectivity index (χ1) is 15.3. The van der Waals surface area contributed by atoms with Crippen LogP contribution in [0.15, 0.2) is 42.5 Å². The van der Waals surface area contributed by atoms with E-state index in [-0.39, 0.29) is 24.7 Å². The largest absolute Gasteiger partial charge is 0.394 e. The summed E-state index contributed by atoms with van der Waals surface area (Å²) in [7, 11) is 0. The number of ether oxygens (including phenoxy) is 1. The number of benzene rings is 2. The van der Waals surface area contributed by atoms with Gasteiger partial charge in [0.05, 0.1) is 18.8 Å². The molecule has 3 amide bonds. The van der Waals surface area contributed by atoms with Gasteiger partial charge in [-0.2, -0.15) is 0 Å². The van der Waals surface area contributed by atoms with Crippen molar-refractivity contribution in [1.82, 2.24) is 10.6 Å². The van der Waals surface area contributed by atoms with Gasteiger partial charge in [0.15, 0.2) is 0 Å². The average molecular weight is 484 g/mol. The number of nitrogens with one attached hydrogen (secondary N) is 3. The number of halogens is 3. The number of carbonyl (C=O) groups excluding carboxylic acids is 2. The van der Waals surface area contributed by atoms with Crippen LogP contribution in [0.5, 0.6) is 0 Å². The Bertz CT molecular complexity index is 925. The molecule has 0 saturated carbocycles. The van der Waals surface area contributed by atoms with Crippen molar-refractivity contribution in [2.75, 3.05) is 18.5 Å². The number of urea groups is 1. The fourth-order valence-corrected chi connectivity index (χ4v) is 4.04. The molecule has 1 aliphatic heterocycles. The molecule has 0 spiro atoms. The molecule has 4 N–H and O–H groups in total. The molecule has 1 fully saturated rings. The van der Waals surface area contributed by atoms with Gasteiger partial charge in [-0.1, -0.05) is 23.2 Å². The molecule has 0 radical (unpaired) electrons. The molecular formula is C22H24Cl2FN3O4. The van der Waals surface area contributed by atoms with Crippen LogP contribution in [0.4, 0.5) is 14.9 Å².